The zero-order chi connectivity index (χ0) is 13.1. The van der Waals surface area contributed by atoms with Gasteiger partial charge in [0.15, 0.2) is 0 Å². The summed E-state index contributed by atoms with van der Waals surface area (Å²) in [5, 5.41) is 3.13. The maximum Gasteiger partial charge on any atom is 0.133 e. The summed E-state index contributed by atoms with van der Waals surface area (Å²) in [5.41, 5.74) is 2.21. The van der Waals surface area contributed by atoms with Crippen molar-refractivity contribution in [3.05, 3.63) is 59.7 Å². The van der Waals surface area contributed by atoms with E-state index in [1.54, 1.807) is 0 Å². The summed E-state index contributed by atoms with van der Waals surface area (Å²) in [7, 11) is 1.85. The zero-order valence-corrected chi connectivity index (χ0v) is 10.4. The molecular weight excluding hydrogens is 232 g/mol. The molecule has 0 radical (unpaired) electrons. The van der Waals surface area contributed by atoms with Gasteiger partial charge in [-0.1, -0.05) is 24.3 Å². The third kappa shape index (κ3) is 2.41. The van der Waals surface area contributed by atoms with Crippen molar-refractivity contribution in [2.45, 2.75) is 13.0 Å². The summed E-state index contributed by atoms with van der Waals surface area (Å²) in [6.45, 7) is 2.00. The van der Waals surface area contributed by atoms with E-state index >= 15 is 0 Å². The molecule has 3 heteroatoms. The largest absolute Gasteiger partial charge is 0.313 e. The van der Waals surface area contributed by atoms with Gasteiger partial charge in [-0.15, -0.1) is 0 Å². The summed E-state index contributed by atoms with van der Waals surface area (Å²) in [5.74, 6) is -1.10. The van der Waals surface area contributed by atoms with Crippen LogP contribution in [0.15, 0.2) is 42.5 Å². The second kappa shape index (κ2) is 5.27. The summed E-state index contributed by atoms with van der Waals surface area (Å²) >= 11 is 0. The molecule has 2 rings (SSSR count). The van der Waals surface area contributed by atoms with Crippen LogP contribution in [0.2, 0.25) is 0 Å². The van der Waals surface area contributed by atoms with E-state index in [2.05, 4.69) is 5.32 Å². The molecule has 0 bridgehead atoms. The van der Waals surface area contributed by atoms with E-state index in [9.17, 15) is 8.78 Å². The first-order chi connectivity index (χ1) is 8.63. The minimum atomic E-state index is -0.560. The molecule has 0 heterocycles. The summed E-state index contributed by atoms with van der Waals surface area (Å²) in [6.07, 6.45) is 0. The topological polar surface area (TPSA) is 12.0 Å². The minimum absolute atomic E-state index is 0.102. The summed E-state index contributed by atoms with van der Waals surface area (Å²) in [4.78, 5) is 0. The molecule has 18 heavy (non-hydrogen) atoms. The maximum absolute atomic E-state index is 13.8. The smallest absolute Gasteiger partial charge is 0.133 e. The highest BCUT2D eigenvalue weighted by Crippen LogP contribution is 2.30. The second-order valence-electron chi connectivity index (χ2n) is 4.22. The van der Waals surface area contributed by atoms with Gasteiger partial charge in [-0.3, -0.25) is 0 Å². The number of hydrogen-bond acceptors (Lipinski definition) is 1. The molecule has 0 saturated heterocycles. The monoisotopic (exact) mass is 247 g/mol. The van der Waals surface area contributed by atoms with E-state index in [1.807, 2.05) is 38.2 Å². The molecule has 1 N–H and O–H groups in total. The van der Waals surface area contributed by atoms with Crippen LogP contribution in [0.5, 0.6) is 0 Å². The Hall–Kier alpha value is -1.74. The second-order valence-corrected chi connectivity index (χ2v) is 4.22. The number of benzene rings is 2. The highest BCUT2D eigenvalue weighted by Gasteiger charge is 2.13. The molecule has 0 aliphatic carbocycles. The molecule has 0 fully saturated rings. The van der Waals surface area contributed by atoms with Gasteiger partial charge < -0.3 is 5.32 Å². The Morgan fingerprint density at radius 2 is 1.72 bits per heavy atom. The summed E-state index contributed by atoms with van der Waals surface area (Å²) in [6, 6.07) is 11.3. The minimum Gasteiger partial charge on any atom is -0.313 e. The Morgan fingerprint density at radius 1 is 1.00 bits per heavy atom. The Kier molecular flexibility index (Phi) is 3.72. The van der Waals surface area contributed by atoms with Crippen LogP contribution >= 0.6 is 0 Å². The first-order valence-corrected chi connectivity index (χ1v) is 5.85. The number of hydrogen-bond donors (Lipinski definition) is 1. The highest BCUT2D eigenvalue weighted by molar-refractivity contribution is 5.68. The van der Waals surface area contributed by atoms with Crippen LogP contribution in [0, 0.1) is 11.6 Å². The lowest BCUT2D eigenvalue weighted by molar-refractivity contribution is 0.585. The lowest BCUT2D eigenvalue weighted by Gasteiger charge is -2.16. The molecule has 0 aromatic heterocycles. The Labute approximate surface area is 105 Å². The molecule has 1 nitrogen and oxygen atoms in total. The van der Waals surface area contributed by atoms with Crippen LogP contribution in [0.1, 0.15) is 18.5 Å². The molecule has 0 amide bonds. The fourth-order valence-electron chi connectivity index (χ4n) is 1.98. The quantitative estimate of drug-likeness (QED) is 0.867. The van der Waals surface area contributed by atoms with Gasteiger partial charge in [0.2, 0.25) is 0 Å². The van der Waals surface area contributed by atoms with Crippen LogP contribution in [-0.4, -0.2) is 7.05 Å². The average molecular weight is 247 g/mol. The third-order valence-corrected chi connectivity index (χ3v) is 3.08. The Morgan fingerprint density at radius 3 is 2.39 bits per heavy atom. The van der Waals surface area contributed by atoms with Crippen LogP contribution < -0.4 is 5.32 Å². The van der Waals surface area contributed by atoms with Crippen molar-refractivity contribution in [2.75, 3.05) is 7.05 Å². The van der Waals surface area contributed by atoms with Gasteiger partial charge >= 0.3 is 0 Å². The van der Waals surface area contributed by atoms with E-state index in [-0.39, 0.29) is 6.04 Å². The highest BCUT2D eigenvalue weighted by atomic mass is 19.1. The molecule has 0 spiro atoms. The predicted octanol–water partition coefficient (Wildman–Crippen LogP) is 3.91. The maximum atomic E-state index is 13.8. The van der Waals surface area contributed by atoms with Gasteiger partial charge in [0.25, 0.3) is 0 Å². The van der Waals surface area contributed by atoms with Gasteiger partial charge in [-0.2, -0.15) is 0 Å². The molecule has 0 aliphatic heterocycles. The van der Waals surface area contributed by atoms with Crippen LogP contribution in [0.25, 0.3) is 11.1 Å². The van der Waals surface area contributed by atoms with Crippen molar-refractivity contribution in [3.63, 3.8) is 0 Å². The van der Waals surface area contributed by atoms with Crippen LogP contribution in [0.4, 0.5) is 8.78 Å². The van der Waals surface area contributed by atoms with Crippen molar-refractivity contribution < 1.29 is 8.78 Å². The molecule has 0 aliphatic rings. The SMILES string of the molecule is CNC(C)c1ccccc1-c1ccc(F)cc1F. The number of nitrogens with one attached hydrogen (secondary N) is 1. The molecule has 0 saturated carbocycles. The molecule has 2 aromatic rings. The summed E-state index contributed by atoms with van der Waals surface area (Å²) < 4.78 is 26.8. The van der Waals surface area contributed by atoms with E-state index < -0.39 is 11.6 Å². The van der Waals surface area contributed by atoms with Crippen molar-refractivity contribution in [1.29, 1.82) is 0 Å². The Bertz CT molecular complexity index is 552. The van der Waals surface area contributed by atoms with Crippen LogP contribution in [-0.2, 0) is 0 Å². The first-order valence-electron chi connectivity index (χ1n) is 5.85. The predicted molar refractivity (Wildman–Crippen MR) is 69.3 cm³/mol. The molecule has 2 aromatic carbocycles. The van der Waals surface area contributed by atoms with Gasteiger partial charge in [0, 0.05) is 17.7 Å². The van der Waals surface area contributed by atoms with Crippen molar-refractivity contribution in [3.8, 4) is 11.1 Å². The van der Waals surface area contributed by atoms with Gasteiger partial charge in [-0.25, -0.2) is 8.78 Å². The number of halogens is 2. The Balaban J connectivity index is 2.56. The molecular formula is C15H15F2N. The van der Waals surface area contributed by atoms with E-state index in [4.69, 9.17) is 0 Å². The standard InChI is InChI=1S/C15H15F2N/c1-10(18-2)12-5-3-4-6-13(12)14-8-7-11(16)9-15(14)17/h3-10,18H,1-2H3. The van der Waals surface area contributed by atoms with E-state index in [0.717, 1.165) is 17.2 Å². The average Bonchev–Trinajstić information content (AvgIpc) is 2.38. The zero-order valence-electron chi connectivity index (χ0n) is 10.4. The van der Waals surface area contributed by atoms with Gasteiger partial charge in [0.05, 0.1) is 0 Å². The van der Waals surface area contributed by atoms with Gasteiger partial charge in [-0.05, 0) is 37.2 Å². The van der Waals surface area contributed by atoms with E-state index in [0.29, 0.717) is 5.56 Å². The normalized spacial score (nSPS) is 12.4. The fourth-order valence-corrected chi connectivity index (χ4v) is 1.98. The number of rotatable bonds is 3. The third-order valence-electron chi connectivity index (χ3n) is 3.08. The van der Waals surface area contributed by atoms with Crippen molar-refractivity contribution >= 4 is 0 Å². The fraction of sp³-hybridized carbons (Fsp3) is 0.200. The van der Waals surface area contributed by atoms with Crippen molar-refractivity contribution in [2.24, 2.45) is 0 Å². The van der Waals surface area contributed by atoms with E-state index in [1.165, 1.54) is 12.1 Å². The first kappa shape index (κ1) is 12.7. The molecule has 94 valence electrons. The lowest BCUT2D eigenvalue weighted by atomic mass is 9.95. The molecule has 1 atom stereocenters. The molecule has 1 unspecified atom stereocenters. The van der Waals surface area contributed by atoms with Crippen molar-refractivity contribution in [1.82, 2.24) is 5.32 Å². The van der Waals surface area contributed by atoms with Crippen LogP contribution in [0.3, 0.4) is 0 Å². The van der Waals surface area contributed by atoms with Gasteiger partial charge in [0.1, 0.15) is 11.6 Å². The lowest BCUT2D eigenvalue weighted by Crippen LogP contribution is -2.13.